The number of halogens is 6. The lowest BCUT2D eigenvalue weighted by Gasteiger charge is -2.36. The van der Waals surface area contributed by atoms with Crippen molar-refractivity contribution in [3.63, 3.8) is 0 Å². The molecule has 1 aliphatic heterocycles. The molecule has 1 atom stereocenters. The van der Waals surface area contributed by atoms with Gasteiger partial charge in [-0.2, -0.15) is 13.2 Å². The number of anilines is 1. The maximum Gasteiger partial charge on any atom is 0.416 e. The van der Waals surface area contributed by atoms with E-state index in [0.29, 0.717) is 43.3 Å². The third-order valence-electron chi connectivity index (χ3n) is 6.23. The van der Waals surface area contributed by atoms with Crippen LogP contribution in [0.4, 0.5) is 32.4 Å². The number of carbonyl (C=O) groups excluding carboxylic acids is 1. The van der Waals surface area contributed by atoms with E-state index in [0.717, 1.165) is 29.8 Å². The highest BCUT2D eigenvalue weighted by molar-refractivity contribution is 6.30. The van der Waals surface area contributed by atoms with Gasteiger partial charge in [0.2, 0.25) is 0 Å². The first-order valence-electron chi connectivity index (χ1n) is 11.8. The van der Waals surface area contributed by atoms with Crippen molar-refractivity contribution >= 4 is 23.3 Å². The lowest BCUT2D eigenvalue weighted by Crippen LogP contribution is -2.50. The van der Waals surface area contributed by atoms with Gasteiger partial charge in [-0.15, -0.1) is 0 Å². The van der Waals surface area contributed by atoms with E-state index in [4.69, 9.17) is 16.3 Å². The number of nitrogens with one attached hydrogen (secondary N) is 1. The molecule has 1 fully saturated rings. The zero-order valence-electron chi connectivity index (χ0n) is 20.1. The first-order chi connectivity index (χ1) is 18.1. The van der Waals surface area contributed by atoms with Crippen molar-refractivity contribution in [2.24, 2.45) is 0 Å². The van der Waals surface area contributed by atoms with E-state index in [1.807, 2.05) is 12.1 Å². The second-order valence-electron chi connectivity index (χ2n) is 8.89. The number of amides is 2. The third-order valence-corrected chi connectivity index (χ3v) is 6.48. The van der Waals surface area contributed by atoms with Crippen molar-refractivity contribution in [3.8, 4) is 0 Å². The summed E-state index contributed by atoms with van der Waals surface area (Å²) in [6, 6.07) is 14.8. The summed E-state index contributed by atoms with van der Waals surface area (Å²) in [5, 5.41) is 3.14. The highest BCUT2D eigenvalue weighted by Crippen LogP contribution is 2.30. The van der Waals surface area contributed by atoms with Gasteiger partial charge >= 0.3 is 12.2 Å². The SMILES string of the molecule is O=C(Nc1ccc(F)c(F)c1)N1CCN(C[C@@H](OCc2ccc(C(F)(F)F)cc2)c2ccc(Cl)cc2)CC1. The number of benzene rings is 3. The fourth-order valence-corrected chi connectivity index (χ4v) is 4.19. The first-order valence-corrected chi connectivity index (χ1v) is 12.2. The maximum atomic E-state index is 13.4. The Kier molecular flexibility index (Phi) is 8.86. The Bertz CT molecular complexity index is 1230. The predicted molar refractivity (Wildman–Crippen MR) is 134 cm³/mol. The molecule has 0 unspecified atom stereocenters. The van der Waals surface area contributed by atoms with E-state index >= 15 is 0 Å². The molecule has 11 heteroatoms. The molecule has 0 aromatic heterocycles. The van der Waals surface area contributed by atoms with Crippen LogP contribution in [0.15, 0.2) is 66.7 Å². The lowest BCUT2D eigenvalue weighted by molar-refractivity contribution is -0.137. The van der Waals surface area contributed by atoms with E-state index < -0.39 is 35.5 Å². The van der Waals surface area contributed by atoms with E-state index in [1.165, 1.54) is 18.2 Å². The van der Waals surface area contributed by atoms with Crippen LogP contribution in [0.2, 0.25) is 5.02 Å². The monoisotopic (exact) mass is 553 g/mol. The van der Waals surface area contributed by atoms with Crippen molar-refractivity contribution in [2.45, 2.75) is 18.9 Å². The quantitative estimate of drug-likeness (QED) is 0.329. The van der Waals surface area contributed by atoms with Crippen molar-refractivity contribution in [1.82, 2.24) is 9.80 Å². The molecule has 0 bridgehead atoms. The van der Waals surface area contributed by atoms with Gasteiger partial charge in [0.15, 0.2) is 11.6 Å². The molecule has 0 spiro atoms. The number of urea groups is 1. The van der Waals surface area contributed by atoms with Crippen LogP contribution in [0.3, 0.4) is 0 Å². The summed E-state index contributed by atoms with van der Waals surface area (Å²) < 4.78 is 71.3. The lowest BCUT2D eigenvalue weighted by atomic mass is 10.1. The molecule has 2 amide bonds. The zero-order chi connectivity index (χ0) is 27.3. The van der Waals surface area contributed by atoms with Gasteiger partial charge in [0, 0.05) is 49.5 Å². The smallest absolute Gasteiger partial charge is 0.368 e. The fraction of sp³-hybridized carbons (Fsp3) is 0.296. The fourth-order valence-electron chi connectivity index (χ4n) is 4.06. The van der Waals surface area contributed by atoms with Crippen LogP contribution < -0.4 is 5.32 Å². The number of ether oxygens (including phenoxy) is 1. The van der Waals surface area contributed by atoms with Gasteiger partial charge < -0.3 is 15.0 Å². The summed E-state index contributed by atoms with van der Waals surface area (Å²) in [6.45, 7) is 2.49. The van der Waals surface area contributed by atoms with Crippen LogP contribution in [0.1, 0.15) is 22.8 Å². The molecule has 0 radical (unpaired) electrons. The summed E-state index contributed by atoms with van der Waals surface area (Å²) in [5.41, 5.74) is 0.910. The van der Waals surface area contributed by atoms with E-state index in [1.54, 1.807) is 17.0 Å². The molecule has 0 aliphatic carbocycles. The molecule has 38 heavy (non-hydrogen) atoms. The van der Waals surface area contributed by atoms with Crippen molar-refractivity contribution < 1.29 is 31.5 Å². The predicted octanol–water partition coefficient (Wildman–Crippen LogP) is 6.74. The highest BCUT2D eigenvalue weighted by atomic mass is 35.5. The molecular weight excluding hydrogens is 529 g/mol. The average Bonchev–Trinajstić information content (AvgIpc) is 2.89. The maximum absolute atomic E-state index is 13.4. The van der Waals surface area contributed by atoms with Gasteiger partial charge in [0.05, 0.1) is 18.3 Å². The number of alkyl halides is 3. The minimum Gasteiger partial charge on any atom is -0.368 e. The highest BCUT2D eigenvalue weighted by Gasteiger charge is 2.30. The Balaban J connectivity index is 1.35. The number of rotatable bonds is 7. The zero-order valence-corrected chi connectivity index (χ0v) is 20.9. The minimum absolute atomic E-state index is 0.113. The van der Waals surface area contributed by atoms with Crippen LogP contribution in [0, 0.1) is 11.6 Å². The summed E-state index contributed by atoms with van der Waals surface area (Å²) in [5.74, 6) is -2.04. The number of hydrogen-bond donors (Lipinski definition) is 1. The molecule has 3 aromatic rings. The molecule has 1 saturated heterocycles. The van der Waals surface area contributed by atoms with Gasteiger partial charge in [-0.3, -0.25) is 4.90 Å². The van der Waals surface area contributed by atoms with Crippen LogP contribution in [0.5, 0.6) is 0 Å². The summed E-state index contributed by atoms with van der Waals surface area (Å²) in [7, 11) is 0. The van der Waals surface area contributed by atoms with Gasteiger partial charge in [0.1, 0.15) is 0 Å². The number of nitrogens with zero attached hydrogens (tertiary/aromatic N) is 2. The van der Waals surface area contributed by atoms with Crippen molar-refractivity contribution in [2.75, 3.05) is 38.0 Å². The Morgan fingerprint density at radius 3 is 2.18 bits per heavy atom. The summed E-state index contributed by atoms with van der Waals surface area (Å²) in [4.78, 5) is 16.3. The van der Waals surface area contributed by atoms with Crippen LogP contribution >= 0.6 is 11.6 Å². The Labute approximate surface area is 221 Å². The Morgan fingerprint density at radius 1 is 0.921 bits per heavy atom. The molecule has 1 aliphatic rings. The van der Waals surface area contributed by atoms with Crippen molar-refractivity contribution in [3.05, 3.63) is 100 Å². The first kappa shape index (κ1) is 27.8. The minimum atomic E-state index is -4.40. The second kappa shape index (κ2) is 12.1. The molecule has 202 valence electrons. The molecule has 4 rings (SSSR count). The Morgan fingerprint density at radius 2 is 1.58 bits per heavy atom. The molecule has 1 N–H and O–H groups in total. The van der Waals surface area contributed by atoms with E-state index in [2.05, 4.69) is 10.2 Å². The topological polar surface area (TPSA) is 44.8 Å². The largest absolute Gasteiger partial charge is 0.416 e. The molecule has 5 nitrogen and oxygen atoms in total. The standard InChI is InChI=1S/C27H25ClF5N3O2/c28-21-7-3-19(4-8-21)25(38-17-18-1-5-20(6-2-18)27(31,32)33)16-35-11-13-36(14-12-35)26(37)34-22-9-10-23(29)24(30)15-22/h1-10,15,25H,11-14,16-17H2,(H,34,37)/t25-/m1/s1. The molecular formula is C27H25ClF5N3O2. The molecule has 0 saturated carbocycles. The summed E-state index contributed by atoms with van der Waals surface area (Å²) in [6.07, 6.45) is -4.79. The number of piperazine rings is 1. The normalized spacial score (nSPS) is 15.4. The van der Waals surface area contributed by atoms with Gasteiger partial charge in [-0.25, -0.2) is 13.6 Å². The number of carbonyl (C=O) groups is 1. The Hall–Kier alpha value is -3.21. The number of hydrogen-bond acceptors (Lipinski definition) is 3. The average molecular weight is 554 g/mol. The summed E-state index contributed by atoms with van der Waals surface area (Å²) >= 11 is 6.03. The van der Waals surface area contributed by atoms with Crippen LogP contribution in [0.25, 0.3) is 0 Å². The van der Waals surface area contributed by atoms with Gasteiger partial charge in [-0.05, 0) is 47.5 Å². The van der Waals surface area contributed by atoms with E-state index in [-0.39, 0.29) is 12.3 Å². The van der Waals surface area contributed by atoms with Gasteiger partial charge in [-0.1, -0.05) is 35.9 Å². The second-order valence-corrected chi connectivity index (χ2v) is 9.33. The van der Waals surface area contributed by atoms with Crippen LogP contribution in [-0.2, 0) is 17.5 Å². The van der Waals surface area contributed by atoms with Gasteiger partial charge in [0.25, 0.3) is 0 Å². The van der Waals surface area contributed by atoms with Crippen LogP contribution in [-0.4, -0.2) is 48.6 Å². The van der Waals surface area contributed by atoms with E-state index in [9.17, 15) is 26.7 Å². The molecule has 3 aromatic carbocycles. The third kappa shape index (κ3) is 7.43. The molecule has 1 heterocycles. The van der Waals surface area contributed by atoms with Crippen molar-refractivity contribution in [1.29, 1.82) is 0 Å².